The van der Waals surface area contributed by atoms with Crippen LogP contribution in [-0.2, 0) is 6.54 Å². The number of rotatable bonds is 7. The molecule has 28 heavy (non-hydrogen) atoms. The summed E-state index contributed by atoms with van der Waals surface area (Å²) >= 11 is 5.99. The van der Waals surface area contributed by atoms with Gasteiger partial charge in [-0.3, -0.25) is 0 Å². The van der Waals surface area contributed by atoms with Crippen molar-refractivity contribution in [1.29, 1.82) is 0 Å². The van der Waals surface area contributed by atoms with Gasteiger partial charge in [-0.2, -0.15) is 0 Å². The van der Waals surface area contributed by atoms with Crippen LogP contribution in [0.4, 0.5) is 4.39 Å². The Morgan fingerprint density at radius 1 is 1.11 bits per heavy atom. The van der Waals surface area contributed by atoms with Crippen LogP contribution in [0.15, 0.2) is 53.9 Å². The van der Waals surface area contributed by atoms with Crippen LogP contribution in [0.5, 0.6) is 11.5 Å². The third kappa shape index (κ3) is 4.32. The first-order valence-electron chi connectivity index (χ1n) is 8.53. The first-order chi connectivity index (χ1) is 13.5. The molecule has 0 saturated heterocycles. The molecule has 8 heteroatoms. The standard InChI is InChI=1S/C20H21ClFN3O3/c1-27-14-5-3-12(20(8-14)28-2)10-23-18-9-17(24-25-19(18)11-26)15-7-13(21)4-6-16(15)22/h3-9,23-26H,10-11H2,1-2H3. The van der Waals surface area contributed by atoms with Gasteiger partial charge in [0.15, 0.2) is 0 Å². The quantitative estimate of drug-likeness (QED) is 0.567. The Labute approximate surface area is 167 Å². The van der Waals surface area contributed by atoms with Crippen molar-refractivity contribution in [3.63, 3.8) is 0 Å². The van der Waals surface area contributed by atoms with Crippen molar-refractivity contribution in [2.45, 2.75) is 6.54 Å². The molecule has 0 fully saturated rings. The second kappa shape index (κ2) is 8.86. The van der Waals surface area contributed by atoms with Gasteiger partial charge in [-0.25, -0.2) is 4.39 Å². The van der Waals surface area contributed by atoms with Crippen molar-refractivity contribution in [1.82, 2.24) is 16.2 Å². The van der Waals surface area contributed by atoms with E-state index in [0.717, 1.165) is 5.56 Å². The molecule has 0 spiro atoms. The summed E-state index contributed by atoms with van der Waals surface area (Å²) in [6, 6.07) is 9.85. The number of hydrazine groups is 1. The summed E-state index contributed by atoms with van der Waals surface area (Å²) in [6.45, 7) is 0.201. The molecule has 0 aliphatic carbocycles. The molecule has 4 N–H and O–H groups in total. The number of hydrogen-bond acceptors (Lipinski definition) is 6. The van der Waals surface area contributed by atoms with Crippen LogP contribution in [0, 0.1) is 5.82 Å². The molecule has 0 saturated carbocycles. The van der Waals surface area contributed by atoms with E-state index in [2.05, 4.69) is 16.2 Å². The van der Waals surface area contributed by atoms with Gasteiger partial charge < -0.3 is 30.7 Å². The fourth-order valence-electron chi connectivity index (χ4n) is 2.80. The fraction of sp³-hybridized carbons (Fsp3) is 0.200. The number of methoxy groups -OCH3 is 2. The maximum absolute atomic E-state index is 14.2. The van der Waals surface area contributed by atoms with Crippen molar-refractivity contribution in [3.05, 3.63) is 75.8 Å². The van der Waals surface area contributed by atoms with Crippen LogP contribution >= 0.6 is 11.6 Å². The molecular formula is C20H21ClFN3O3. The van der Waals surface area contributed by atoms with Crippen LogP contribution in [0.1, 0.15) is 11.1 Å². The van der Waals surface area contributed by atoms with Gasteiger partial charge in [0.1, 0.15) is 17.3 Å². The summed E-state index contributed by atoms with van der Waals surface area (Å²) in [5, 5.41) is 13.3. The molecule has 0 radical (unpaired) electrons. The Hall–Kier alpha value is -2.90. The number of aliphatic hydroxyl groups is 1. The van der Waals surface area contributed by atoms with Crippen molar-refractivity contribution in [2.75, 3.05) is 20.8 Å². The molecular weight excluding hydrogens is 385 g/mol. The van der Waals surface area contributed by atoms with Crippen molar-refractivity contribution < 1.29 is 19.0 Å². The number of ether oxygens (including phenoxy) is 2. The zero-order chi connectivity index (χ0) is 20.1. The molecule has 0 atom stereocenters. The smallest absolute Gasteiger partial charge is 0.132 e. The van der Waals surface area contributed by atoms with Crippen molar-refractivity contribution in [2.24, 2.45) is 0 Å². The molecule has 2 aromatic rings. The molecule has 2 aromatic carbocycles. The number of aliphatic hydroxyl groups excluding tert-OH is 1. The Kier molecular flexibility index (Phi) is 6.28. The van der Waals surface area contributed by atoms with E-state index in [4.69, 9.17) is 21.1 Å². The summed E-state index contributed by atoms with van der Waals surface area (Å²) in [5.41, 5.74) is 8.62. The molecule has 0 amide bonds. The van der Waals surface area contributed by atoms with Crippen LogP contribution in [0.2, 0.25) is 5.02 Å². The second-order valence-electron chi connectivity index (χ2n) is 6.01. The highest BCUT2D eigenvalue weighted by Gasteiger charge is 2.17. The van der Waals surface area contributed by atoms with Gasteiger partial charge in [-0.15, -0.1) is 0 Å². The Morgan fingerprint density at radius 3 is 2.64 bits per heavy atom. The van der Waals surface area contributed by atoms with Gasteiger partial charge in [0.05, 0.1) is 37.9 Å². The van der Waals surface area contributed by atoms with E-state index < -0.39 is 5.82 Å². The fourth-order valence-corrected chi connectivity index (χ4v) is 2.97. The molecule has 148 valence electrons. The number of nitrogens with one attached hydrogen (secondary N) is 3. The number of hydrogen-bond donors (Lipinski definition) is 4. The summed E-state index contributed by atoms with van der Waals surface area (Å²) in [7, 11) is 3.18. The highest BCUT2D eigenvalue weighted by atomic mass is 35.5. The first kappa shape index (κ1) is 19.9. The SMILES string of the molecule is COc1ccc(CNC2=C(CO)NNC(c3cc(Cl)ccc3F)=C2)c(OC)c1. The molecule has 1 aliphatic rings. The zero-order valence-electron chi connectivity index (χ0n) is 15.5. The lowest BCUT2D eigenvalue weighted by Gasteiger charge is -2.24. The van der Waals surface area contributed by atoms with E-state index in [0.29, 0.717) is 45.7 Å². The Balaban J connectivity index is 1.86. The monoisotopic (exact) mass is 405 g/mol. The minimum absolute atomic E-state index is 0.225. The summed E-state index contributed by atoms with van der Waals surface area (Å²) < 4.78 is 24.8. The van der Waals surface area contributed by atoms with Gasteiger partial charge in [0.25, 0.3) is 0 Å². The van der Waals surface area contributed by atoms with Gasteiger partial charge in [0.2, 0.25) is 0 Å². The lowest BCUT2D eigenvalue weighted by Crippen LogP contribution is -2.37. The minimum Gasteiger partial charge on any atom is -0.497 e. The third-order valence-electron chi connectivity index (χ3n) is 4.30. The average molecular weight is 406 g/mol. The molecule has 0 aromatic heterocycles. The lowest BCUT2D eigenvalue weighted by molar-refractivity contribution is 0.315. The van der Waals surface area contributed by atoms with E-state index >= 15 is 0 Å². The third-order valence-corrected chi connectivity index (χ3v) is 4.54. The van der Waals surface area contributed by atoms with Gasteiger partial charge in [0, 0.05) is 28.8 Å². The molecule has 6 nitrogen and oxygen atoms in total. The van der Waals surface area contributed by atoms with E-state index in [1.165, 1.54) is 18.2 Å². The van der Waals surface area contributed by atoms with Crippen molar-refractivity contribution >= 4 is 17.3 Å². The molecule has 0 bridgehead atoms. The molecule has 3 rings (SSSR count). The topological polar surface area (TPSA) is 74.8 Å². The zero-order valence-corrected chi connectivity index (χ0v) is 16.2. The van der Waals surface area contributed by atoms with E-state index in [9.17, 15) is 9.50 Å². The van der Waals surface area contributed by atoms with Crippen LogP contribution < -0.4 is 25.6 Å². The van der Waals surface area contributed by atoms with E-state index in [1.807, 2.05) is 12.1 Å². The van der Waals surface area contributed by atoms with E-state index in [1.54, 1.807) is 26.4 Å². The predicted octanol–water partition coefficient (Wildman–Crippen LogP) is 2.94. The predicted molar refractivity (Wildman–Crippen MR) is 106 cm³/mol. The van der Waals surface area contributed by atoms with Crippen LogP contribution in [0.25, 0.3) is 5.70 Å². The Morgan fingerprint density at radius 2 is 1.93 bits per heavy atom. The lowest BCUT2D eigenvalue weighted by atomic mass is 10.1. The highest BCUT2D eigenvalue weighted by molar-refractivity contribution is 6.30. The normalized spacial score (nSPS) is 13.4. The number of halogens is 2. The summed E-state index contributed by atoms with van der Waals surface area (Å²) in [4.78, 5) is 0. The van der Waals surface area contributed by atoms with Crippen LogP contribution in [-0.4, -0.2) is 25.9 Å². The average Bonchev–Trinajstić information content (AvgIpc) is 2.73. The molecule has 0 unspecified atom stereocenters. The minimum atomic E-state index is -0.409. The van der Waals surface area contributed by atoms with Crippen LogP contribution in [0.3, 0.4) is 0 Å². The first-order valence-corrected chi connectivity index (χ1v) is 8.91. The Bertz CT molecular complexity index is 931. The van der Waals surface area contributed by atoms with Gasteiger partial charge in [-0.05, 0) is 36.4 Å². The molecule has 1 heterocycles. The maximum atomic E-state index is 14.2. The second-order valence-corrected chi connectivity index (χ2v) is 6.45. The number of benzene rings is 2. The van der Waals surface area contributed by atoms with Gasteiger partial charge >= 0.3 is 0 Å². The largest absolute Gasteiger partial charge is 0.497 e. The highest BCUT2D eigenvalue weighted by Crippen LogP contribution is 2.26. The van der Waals surface area contributed by atoms with Gasteiger partial charge in [-0.1, -0.05) is 11.6 Å². The number of allylic oxidation sites excluding steroid dienone is 1. The summed E-state index contributed by atoms with van der Waals surface area (Å²) in [6.07, 6.45) is 1.72. The summed E-state index contributed by atoms with van der Waals surface area (Å²) in [5.74, 6) is 0.955. The maximum Gasteiger partial charge on any atom is 0.132 e. The van der Waals surface area contributed by atoms with E-state index in [-0.39, 0.29) is 6.61 Å². The van der Waals surface area contributed by atoms with Crippen molar-refractivity contribution in [3.8, 4) is 11.5 Å². The molecule has 1 aliphatic heterocycles.